The van der Waals surface area contributed by atoms with Crippen molar-refractivity contribution in [1.29, 1.82) is 0 Å². The van der Waals surface area contributed by atoms with Crippen LogP contribution < -0.4 is 5.32 Å². The second kappa shape index (κ2) is 6.02. The normalized spacial score (nSPS) is 11.0. The summed E-state index contributed by atoms with van der Waals surface area (Å²) < 4.78 is 1.96. The number of hydrogen-bond acceptors (Lipinski definition) is 4. The van der Waals surface area contributed by atoms with Crippen molar-refractivity contribution in [3.05, 3.63) is 71.5 Å². The quantitative estimate of drug-likeness (QED) is 0.584. The smallest absolute Gasteiger partial charge is 0.204 e. The number of halogens is 1. The van der Waals surface area contributed by atoms with Gasteiger partial charge in [0.25, 0.3) is 0 Å². The summed E-state index contributed by atoms with van der Waals surface area (Å²) in [7, 11) is 0. The Kier molecular flexibility index (Phi) is 3.73. The van der Waals surface area contributed by atoms with Gasteiger partial charge in [-0.3, -0.25) is 4.98 Å². The number of nitrogens with zero attached hydrogens (tertiary/aromatic N) is 3. The summed E-state index contributed by atoms with van der Waals surface area (Å²) in [6.45, 7) is 0.709. The van der Waals surface area contributed by atoms with Crippen LogP contribution in [-0.4, -0.2) is 14.6 Å². The number of fused-ring (bicyclic) bond motifs is 1. The van der Waals surface area contributed by atoms with Crippen molar-refractivity contribution < 1.29 is 0 Å². The van der Waals surface area contributed by atoms with Crippen LogP contribution in [0, 0.1) is 0 Å². The van der Waals surface area contributed by atoms with Crippen LogP contribution >= 0.6 is 22.9 Å². The fourth-order valence-corrected chi connectivity index (χ4v) is 3.34. The van der Waals surface area contributed by atoms with Gasteiger partial charge in [0.05, 0.1) is 5.69 Å². The van der Waals surface area contributed by atoms with E-state index < -0.39 is 0 Å². The highest BCUT2D eigenvalue weighted by molar-refractivity contribution is 7.20. The highest BCUT2D eigenvalue weighted by Gasteiger charge is 2.10. The molecule has 0 saturated carbocycles. The molecule has 0 radical (unpaired) electrons. The molecule has 3 heterocycles. The average Bonchev–Trinajstić information content (AvgIpc) is 3.15. The first kappa shape index (κ1) is 14.2. The predicted octanol–water partition coefficient (Wildman–Crippen LogP) is 4.72. The van der Waals surface area contributed by atoms with E-state index in [9.17, 15) is 0 Å². The fraction of sp³-hybridized carbons (Fsp3) is 0.0588. The third-order valence-electron chi connectivity index (χ3n) is 3.52. The summed E-state index contributed by atoms with van der Waals surface area (Å²) in [4.78, 5) is 5.22. The van der Waals surface area contributed by atoms with Gasteiger partial charge in [0.1, 0.15) is 4.83 Å². The zero-order chi connectivity index (χ0) is 15.6. The van der Waals surface area contributed by atoms with Crippen LogP contribution in [0.4, 0.5) is 5.13 Å². The van der Waals surface area contributed by atoms with Crippen molar-refractivity contribution in [2.75, 3.05) is 5.32 Å². The maximum atomic E-state index is 5.96. The van der Waals surface area contributed by atoms with Crippen LogP contribution in [0.5, 0.6) is 0 Å². The van der Waals surface area contributed by atoms with E-state index in [0.717, 1.165) is 31.8 Å². The lowest BCUT2D eigenvalue weighted by molar-refractivity contribution is 0.969. The largest absolute Gasteiger partial charge is 0.356 e. The molecule has 23 heavy (non-hydrogen) atoms. The fourth-order valence-electron chi connectivity index (χ4n) is 2.39. The molecule has 0 fully saturated rings. The van der Waals surface area contributed by atoms with Crippen molar-refractivity contribution in [3.8, 4) is 11.3 Å². The van der Waals surface area contributed by atoms with E-state index in [2.05, 4.69) is 27.5 Å². The minimum atomic E-state index is 0.709. The van der Waals surface area contributed by atoms with Crippen molar-refractivity contribution in [2.24, 2.45) is 0 Å². The van der Waals surface area contributed by atoms with E-state index in [1.165, 1.54) is 0 Å². The first-order chi connectivity index (χ1) is 11.3. The third-order valence-corrected chi connectivity index (χ3v) is 4.71. The Morgan fingerprint density at radius 3 is 2.74 bits per heavy atom. The Bertz CT molecular complexity index is 928. The summed E-state index contributed by atoms with van der Waals surface area (Å²) in [5, 5.41) is 9.63. The first-order valence-corrected chi connectivity index (χ1v) is 8.36. The van der Waals surface area contributed by atoms with E-state index in [0.29, 0.717) is 6.54 Å². The summed E-state index contributed by atoms with van der Waals surface area (Å²) in [6, 6.07) is 15.9. The van der Waals surface area contributed by atoms with Crippen molar-refractivity contribution in [2.45, 2.75) is 6.54 Å². The molecule has 0 spiro atoms. The van der Waals surface area contributed by atoms with Crippen molar-refractivity contribution in [3.63, 3.8) is 0 Å². The highest BCUT2D eigenvalue weighted by Crippen LogP contribution is 2.28. The molecule has 4 rings (SSSR count). The molecule has 1 aromatic carbocycles. The Labute approximate surface area is 142 Å². The van der Waals surface area contributed by atoms with Gasteiger partial charge < -0.3 is 5.32 Å². The molecule has 4 nitrogen and oxygen atoms in total. The van der Waals surface area contributed by atoms with Crippen LogP contribution in [0.25, 0.3) is 16.1 Å². The van der Waals surface area contributed by atoms with Crippen LogP contribution in [-0.2, 0) is 6.54 Å². The maximum absolute atomic E-state index is 5.96. The molecule has 0 aliphatic heterocycles. The van der Waals surface area contributed by atoms with Gasteiger partial charge in [-0.2, -0.15) is 0 Å². The number of pyridine rings is 1. The van der Waals surface area contributed by atoms with Gasteiger partial charge >= 0.3 is 0 Å². The SMILES string of the molecule is Clc1ccc(-c2ccc3sc(NCc4cccnc4)nn23)cc1. The van der Waals surface area contributed by atoms with Gasteiger partial charge in [0.15, 0.2) is 0 Å². The van der Waals surface area contributed by atoms with Crippen LogP contribution in [0.1, 0.15) is 5.56 Å². The topological polar surface area (TPSA) is 42.2 Å². The van der Waals surface area contributed by atoms with Crippen LogP contribution in [0.3, 0.4) is 0 Å². The van der Waals surface area contributed by atoms with E-state index in [4.69, 9.17) is 11.6 Å². The molecule has 0 saturated heterocycles. The first-order valence-electron chi connectivity index (χ1n) is 7.17. The Morgan fingerprint density at radius 2 is 1.96 bits per heavy atom. The lowest BCUT2D eigenvalue weighted by Gasteiger charge is -2.02. The molecule has 0 amide bonds. The maximum Gasteiger partial charge on any atom is 0.204 e. The van der Waals surface area contributed by atoms with Crippen LogP contribution in [0.2, 0.25) is 5.02 Å². The molecule has 4 aromatic rings. The Morgan fingerprint density at radius 1 is 1.09 bits per heavy atom. The van der Waals surface area contributed by atoms with Gasteiger partial charge in [0, 0.05) is 29.5 Å². The summed E-state index contributed by atoms with van der Waals surface area (Å²) in [5.41, 5.74) is 3.28. The summed E-state index contributed by atoms with van der Waals surface area (Å²) in [5.74, 6) is 0. The minimum Gasteiger partial charge on any atom is -0.356 e. The second-order valence-electron chi connectivity index (χ2n) is 5.10. The Balaban J connectivity index is 1.60. The number of aromatic nitrogens is 3. The van der Waals surface area contributed by atoms with Crippen LogP contribution in [0.15, 0.2) is 60.9 Å². The molecule has 0 aliphatic carbocycles. The molecule has 1 N–H and O–H groups in total. The lowest BCUT2D eigenvalue weighted by Crippen LogP contribution is -2.00. The molecule has 3 aromatic heterocycles. The molecule has 0 bridgehead atoms. The molecular weight excluding hydrogens is 328 g/mol. The number of nitrogens with one attached hydrogen (secondary N) is 1. The average molecular weight is 341 g/mol. The van der Waals surface area contributed by atoms with Crippen molar-refractivity contribution >= 4 is 32.9 Å². The monoisotopic (exact) mass is 340 g/mol. The molecule has 6 heteroatoms. The predicted molar refractivity (Wildman–Crippen MR) is 95.1 cm³/mol. The second-order valence-corrected chi connectivity index (χ2v) is 6.54. The molecular formula is C17H13ClN4S. The molecule has 114 valence electrons. The van der Waals surface area contributed by atoms with Crippen molar-refractivity contribution in [1.82, 2.24) is 14.6 Å². The summed E-state index contributed by atoms with van der Waals surface area (Å²) >= 11 is 7.59. The van der Waals surface area contributed by atoms with E-state index in [-0.39, 0.29) is 0 Å². The summed E-state index contributed by atoms with van der Waals surface area (Å²) in [6.07, 6.45) is 3.63. The van der Waals surface area contributed by atoms with E-state index >= 15 is 0 Å². The van der Waals surface area contributed by atoms with Gasteiger partial charge in [-0.1, -0.05) is 41.1 Å². The van der Waals surface area contributed by atoms with Gasteiger partial charge in [0.2, 0.25) is 5.13 Å². The van der Waals surface area contributed by atoms with E-state index in [1.807, 2.05) is 47.1 Å². The number of benzene rings is 1. The number of rotatable bonds is 4. The Hall–Kier alpha value is -2.37. The lowest BCUT2D eigenvalue weighted by atomic mass is 10.2. The van der Waals surface area contributed by atoms with Gasteiger partial charge in [-0.25, -0.2) is 4.52 Å². The molecule has 0 atom stereocenters. The zero-order valence-corrected chi connectivity index (χ0v) is 13.7. The van der Waals surface area contributed by atoms with Gasteiger partial charge in [-0.15, -0.1) is 5.10 Å². The molecule has 0 unspecified atom stereocenters. The van der Waals surface area contributed by atoms with E-state index in [1.54, 1.807) is 17.5 Å². The number of hydrogen-bond donors (Lipinski definition) is 1. The highest BCUT2D eigenvalue weighted by atomic mass is 35.5. The number of anilines is 1. The van der Waals surface area contributed by atoms with Gasteiger partial charge in [-0.05, 0) is 35.9 Å². The molecule has 0 aliphatic rings. The minimum absolute atomic E-state index is 0.709. The third kappa shape index (κ3) is 2.93. The standard InChI is InChI=1S/C17H13ClN4S/c18-14-5-3-13(4-6-14)15-7-8-16-22(15)21-17(23-16)20-11-12-2-1-9-19-10-12/h1-10H,11H2,(H,20,21). The zero-order valence-electron chi connectivity index (χ0n) is 12.1.